The minimum absolute atomic E-state index is 0.0356. The molecule has 2 atom stereocenters. The lowest BCUT2D eigenvalue weighted by molar-refractivity contribution is -0.177. The molecule has 4 rings (SSSR count). The molecule has 7 nitrogen and oxygen atoms in total. The highest BCUT2D eigenvalue weighted by Gasteiger charge is 2.54. The molecule has 1 saturated heterocycles. The molecule has 1 aliphatic rings. The SMILES string of the molecule is Nc1cc(C[C@H]2C(=O)N(C(=O)CCC(c3ccccc3)c3ccccc3)[C@@H]2C(=O)O)ccn1. The molecule has 1 aliphatic heterocycles. The third-order valence-corrected chi connectivity index (χ3v) is 6.09. The molecule has 0 spiro atoms. The number of β-lactam (4-membered cyclic amide) rings is 1. The highest BCUT2D eigenvalue weighted by atomic mass is 16.4. The number of benzene rings is 2. The number of imide groups is 1. The number of aliphatic carboxylic acids is 1. The van der Waals surface area contributed by atoms with E-state index in [0.29, 0.717) is 17.8 Å². The van der Waals surface area contributed by atoms with E-state index in [-0.39, 0.29) is 18.8 Å². The van der Waals surface area contributed by atoms with Crippen LogP contribution in [0.2, 0.25) is 0 Å². The first kappa shape index (κ1) is 22.2. The number of aromatic nitrogens is 1. The fraction of sp³-hybridized carbons (Fsp3) is 0.231. The predicted molar refractivity (Wildman–Crippen MR) is 123 cm³/mol. The Morgan fingerprint density at radius 1 is 1.00 bits per heavy atom. The van der Waals surface area contributed by atoms with Gasteiger partial charge >= 0.3 is 5.97 Å². The number of likely N-dealkylation sites (tertiary alicyclic amines) is 1. The van der Waals surface area contributed by atoms with E-state index in [0.717, 1.165) is 16.0 Å². The summed E-state index contributed by atoms with van der Waals surface area (Å²) in [6.07, 6.45) is 2.25. The van der Waals surface area contributed by atoms with Crippen LogP contribution in [0.1, 0.15) is 35.4 Å². The lowest BCUT2D eigenvalue weighted by atomic mass is 9.81. The van der Waals surface area contributed by atoms with Crippen molar-refractivity contribution in [2.24, 2.45) is 5.92 Å². The summed E-state index contributed by atoms with van der Waals surface area (Å²) in [7, 11) is 0. The Hall–Kier alpha value is -4.00. The molecule has 3 N–H and O–H groups in total. The molecule has 33 heavy (non-hydrogen) atoms. The van der Waals surface area contributed by atoms with Crippen LogP contribution in [-0.2, 0) is 20.8 Å². The number of hydrogen-bond donors (Lipinski definition) is 2. The van der Waals surface area contributed by atoms with Crippen molar-refractivity contribution in [3.63, 3.8) is 0 Å². The molecule has 2 heterocycles. The molecular weight excluding hydrogens is 418 g/mol. The van der Waals surface area contributed by atoms with E-state index < -0.39 is 29.7 Å². The van der Waals surface area contributed by atoms with Crippen molar-refractivity contribution in [1.29, 1.82) is 0 Å². The van der Waals surface area contributed by atoms with E-state index in [1.54, 1.807) is 12.1 Å². The van der Waals surface area contributed by atoms with Gasteiger partial charge in [-0.15, -0.1) is 0 Å². The number of carbonyl (C=O) groups excluding carboxylic acids is 2. The molecule has 0 aliphatic carbocycles. The predicted octanol–water partition coefficient (Wildman–Crippen LogP) is 3.26. The van der Waals surface area contributed by atoms with E-state index in [4.69, 9.17) is 5.73 Å². The number of carboxylic acids is 1. The summed E-state index contributed by atoms with van der Waals surface area (Å²) in [6.45, 7) is 0. The fourth-order valence-corrected chi connectivity index (χ4v) is 4.47. The Morgan fingerprint density at radius 2 is 1.61 bits per heavy atom. The molecule has 1 fully saturated rings. The van der Waals surface area contributed by atoms with Crippen molar-refractivity contribution in [1.82, 2.24) is 9.88 Å². The first-order valence-electron chi connectivity index (χ1n) is 10.8. The average Bonchev–Trinajstić information content (AvgIpc) is 2.82. The Balaban J connectivity index is 1.47. The van der Waals surface area contributed by atoms with Crippen molar-refractivity contribution in [3.05, 3.63) is 95.7 Å². The van der Waals surface area contributed by atoms with Gasteiger partial charge in [-0.2, -0.15) is 0 Å². The second-order valence-electron chi connectivity index (χ2n) is 8.20. The standard InChI is InChI=1S/C26H25N3O4/c27-22-16-17(13-14-28-22)15-21-24(26(32)33)29(25(21)31)23(30)12-11-20(18-7-3-1-4-8-18)19-9-5-2-6-10-19/h1-10,13-14,16,20-21,24H,11-12,15H2,(H2,27,28)(H,32,33)/t21-,24+/m1/s1. The van der Waals surface area contributed by atoms with Crippen molar-refractivity contribution < 1.29 is 19.5 Å². The molecule has 7 heteroatoms. The zero-order valence-corrected chi connectivity index (χ0v) is 18.0. The number of carbonyl (C=O) groups is 3. The van der Waals surface area contributed by atoms with Gasteiger partial charge in [0.25, 0.3) is 0 Å². The Bertz CT molecular complexity index is 1110. The van der Waals surface area contributed by atoms with Gasteiger partial charge in [-0.1, -0.05) is 60.7 Å². The summed E-state index contributed by atoms with van der Waals surface area (Å²) in [4.78, 5) is 42.5. The maximum Gasteiger partial charge on any atom is 0.327 e. The minimum Gasteiger partial charge on any atom is -0.480 e. The van der Waals surface area contributed by atoms with Gasteiger partial charge in [0.05, 0.1) is 5.92 Å². The number of hydrogen-bond acceptors (Lipinski definition) is 5. The summed E-state index contributed by atoms with van der Waals surface area (Å²) in [6, 6.07) is 21.8. The number of amides is 2. The van der Waals surface area contributed by atoms with Crippen molar-refractivity contribution in [3.8, 4) is 0 Å². The number of nitrogens with zero attached hydrogens (tertiary/aromatic N) is 2. The van der Waals surface area contributed by atoms with E-state index in [2.05, 4.69) is 4.98 Å². The van der Waals surface area contributed by atoms with Gasteiger partial charge < -0.3 is 10.8 Å². The van der Waals surface area contributed by atoms with Crippen LogP contribution in [0.3, 0.4) is 0 Å². The Kier molecular flexibility index (Phi) is 6.49. The molecule has 168 valence electrons. The molecule has 0 saturated carbocycles. The van der Waals surface area contributed by atoms with Crippen LogP contribution in [0.5, 0.6) is 0 Å². The number of anilines is 1. The highest BCUT2D eigenvalue weighted by molar-refractivity contribution is 6.08. The van der Waals surface area contributed by atoms with E-state index in [1.165, 1.54) is 6.20 Å². The first-order chi connectivity index (χ1) is 16.0. The molecule has 2 aromatic carbocycles. The van der Waals surface area contributed by atoms with Crippen molar-refractivity contribution in [2.75, 3.05) is 5.73 Å². The van der Waals surface area contributed by atoms with Gasteiger partial charge in [0.2, 0.25) is 11.8 Å². The number of pyridine rings is 1. The maximum atomic E-state index is 13.0. The molecular formula is C26H25N3O4. The second kappa shape index (κ2) is 9.65. The van der Waals surface area contributed by atoms with Crippen LogP contribution in [-0.4, -0.2) is 38.8 Å². The van der Waals surface area contributed by atoms with Crippen LogP contribution in [0.25, 0.3) is 0 Å². The first-order valence-corrected chi connectivity index (χ1v) is 10.8. The van der Waals surface area contributed by atoms with Crippen LogP contribution >= 0.6 is 0 Å². The Morgan fingerprint density at radius 3 is 2.15 bits per heavy atom. The van der Waals surface area contributed by atoms with Gasteiger partial charge in [-0.25, -0.2) is 9.78 Å². The van der Waals surface area contributed by atoms with Gasteiger partial charge in [0.1, 0.15) is 11.9 Å². The summed E-state index contributed by atoms with van der Waals surface area (Å²) in [5.41, 5.74) is 8.53. The summed E-state index contributed by atoms with van der Waals surface area (Å²) >= 11 is 0. The topological polar surface area (TPSA) is 114 Å². The van der Waals surface area contributed by atoms with Crippen LogP contribution in [0, 0.1) is 5.92 Å². The lowest BCUT2D eigenvalue weighted by Gasteiger charge is -2.43. The smallest absolute Gasteiger partial charge is 0.327 e. The summed E-state index contributed by atoms with van der Waals surface area (Å²) in [5.74, 6) is -2.64. The highest BCUT2D eigenvalue weighted by Crippen LogP contribution is 2.34. The second-order valence-corrected chi connectivity index (χ2v) is 8.20. The van der Waals surface area contributed by atoms with Gasteiger partial charge in [-0.05, 0) is 41.7 Å². The van der Waals surface area contributed by atoms with E-state index in [1.807, 2.05) is 60.7 Å². The largest absolute Gasteiger partial charge is 0.480 e. The number of nitrogen functional groups attached to an aromatic ring is 1. The normalized spacial score (nSPS) is 17.6. The summed E-state index contributed by atoms with van der Waals surface area (Å²) in [5, 5.41) is 9.72. The van der Waals surface area contributed by atoms with Crippen LogP contribution < -0.4 is 5.73 Å². The van der Waals surface area contributed by atoms with E-state index >= 15 is 0 Å². The van der Waals surface area contributed by atoms with Crippen molar-refractivity contribution in [2.45, 2.75) is 31.2 Å². The summed E-state index contributed by atoms with van der Waals surface area (Å²) < 4.78 is 0. The molecule has 0 unspecified atom stereocenters. The number of carboxylic acid groups (broad SMARTS) is 1. The van der Waals surface area contributed by atoms with E-state index in [9.17, 15) is 19.5 Å². The monoisotopic (exact) mass is 443 g/mol. The fourth-order valence-electron chi connectivity index (χ4n) is 4.47. The van der Waals surface area contributed by atoms with Crippen LogP contribution in [0.15, 0.2) is 79.0 Å². The maximum absolute atomic E-state index is 13.0. The van der Waals surface area contributed by atoms with Gasteiger partial charge in [0, 0.05) is 18.5 Å². The Labute approximate surface area is 191 Å². The molecule has 3 aromatic rings. The third kappa shape index (κ3) is 4.77. The molecule has 2 amide bonds. The average molecular weight is 444 g/mol. The number of rotatable bonds is 8. The van der Waals surface area contributed by atoms with Gasteiger partial charge in [0.15, 0.2) is 0 Å². The zero-order chi connectivity index (χ0) is 23.4. The molecule has 0 bridgehead atoms. The zero-order valence-electron chi connectivity index (χ0n) is 18.0. The molecule has 0 radical (unpaired) electrons. The quantitative estimate of drug-likeness (QED) is 0.517. The minimum atomic E-state index is -1.18. The third-order valence-electron chi connectivity index (χ3n) is 6.09. The number of nitrogens with two attached hydrogens (primary N) is 1. The molecule has 1 aromatic heterocycles. The lowest BCUT2D eigenvalue weighted by Crippen LogP contribution is -2.66. The van der Waals surface area contributed by atoms with Crippen LogP contribution in [0.4, 0.5) is 5.82 Å². The van der Waals surface area contributed by atoms with Crippen molar-refractivity contribution >= 4 is 23.6 Å². The van der Waals surface area contributed by atoms with Gasteiger partial charge in [-0.3, -0.25) is 14.5 Å².